The van der Waals surface area contributed by atoms with Crippen LogP contribution >= 0.6 is 0 Å². The van der Waals surface area contributed by atoms with Crippen LogP contribution in [0.2, 0.25) is 0 Å². The summed E-state index contributed by atoms with van der Waals surface area (Å²) in [5.41, 5.74) is 0.699. The molecule has 0 saturated heterocycles. The van der Waals surface area contributed by atoms with Gasteiger partial charge in [-0.05, 0) is 13.3 Å². The molecule has 0 spiro atoms. The summed E-state index contributed by atoms with van der Waals surface area (Å²) in [5.74, 6) is 0.179. The van der Waals surface area contributed by atoms with Crippen LogP contribution in [0.1, 0.15) is 61.8 Å². The lowest BCUT2D eigenvalue weighted by molar-refractivity contribution is -0.121. The van der Waals surface area contributed by atoms with E-state index in [0.717, 1.165) is 12.1 Å². The van der Waals surface area contributed by atoms with Crippen LogP contribution in [0.4, 0.5) is 0 Å². The molecular formula is C15H29NO. The minimum absolute atomic E-state index is 0.0235. The Labute approximate surface area is 107 Å². The van der Waals surface area contributed by atoms with Gasteiger partial charge < -0.3 is 5.32 Å². The van der Waals surface area contributed by atoms with Gasteiger partial charge in [-0.15, -0.1) is 0 Å². The summed E-state index contributed by atoms with van der Waals surface area (Å²) in [4.78, 5) is 12.1. The van der Waals surface area contributed by atoms with Gasteiger partial charge in [-0.2, -0.15) is 0 Å². The van der Waals surface area contributed by atoms with Crippen molar-refractivity contribution in [3.8, 4) is 0 Å². The van der Waals surface area contributed by atoms with Gasteiger partial charge in [0.2, 0.25) is 0 Å². The second-order valence-electron chi connectivity index (χ2n) is 6.88. The van der Waals surface area contributed by atoms with E-state index >= 15 is 0 Å². The summed E-state index contributed by atoms with van der Waals surface area (Å²) >= 11 is 0. The smallest absolute Gasteiger partial charge is 0.162 e. The maximum atomic E-state index is 12.1. The number of allylic oxidation sites excluding steroid dienone is 2. The lowest BCUT2D eigenvalue weighted by atomic mass is 9.85. The lowest BCUT2D eigenvalue weighted by Crippen LogP contribution is -2.33. The summed E-state index contributed by atoms with van der Waals surface area (Å²) in [7, 11) is 0. The molecule has 2 heteroatoms. The van der Waals surface area contributed by atoms with Gasteiger partial charge in [-0.25, -0.2) is 0 Å². The molecule has 0 rings (SSSR count). The van der Waals surface area contributed by atoms with Gasteiger partial charge in [0.15, 0.2) is 5.78 Å². The van der Waals surface area contributed by atoms with Crippen molar-refractivity contribution >= 4 is 5.78 Å². The molecule has 0 aliphatic carbocycles. The molecule has 0 aliphatic heterocycles. The van der Waals surface area contributed by atoms with Crippen molar-refractivity contribution in [2.24, 2.45) is 10.8 Å². The summed E-state index contributed by atoms with van der Waals surface area (Å²) in [6.45, 7) is 16.5. The number of carbonyl (C=O) groups is 1. The molecule has 0 bridgehead atoms. The molecule has 0 saturated carbocycles. The first-order valence-electron chi connectivity index (χ1n) is 6.51. The van der Waals surface area contributed by atoms with Crippen molar-refractivity contribution in [2.75, 3.05) is 0 Å². The predicted molar refractivity (Wildman–Crippen MR) is 74.9 cm³/mol. The molecule has 1 unspecified atom stereocenters. The highest BCUT2D eigenvalue weighted by Crippen LogP contribution is 2.26. The largest absolute Gasteiger partial charge is 0.385 e. The standard InChI is InChI=1S/C15H29NO/c1-9-11(2)16-12(14(3,4)5)10-13(17)15(6,7)8/h10-11,16H,9H2,1-8H3. The van der Waals surface area contributed by atoms with Crippen LogP contribution in [-0.4, -0.2) is 11.8 Å². The van der Waals surface area contributed by atoms with E-state index in [4.69, 9.17) is 0 Å². The van der Waals surface area contributed by atoms with Gasteiger partial charge in [0.25, 0.3) is 0 Å². The van der Waals surface area contributed by atoms with Crippen LogP contribution in [0.25, 0.3) is 0 Å². The summed E-state index contributed by atoms with van der Waals surface area (Å²) in [5, 5.41) is 3.45. The van der Waals surface area contributed by atoms with Crippen LogP contribution in [0.3, 0.4) is 0 Å². The van der Waals surface area contributed by atoms with Crippen molar-refractivity contribution in [3.63, 3.8) is 0 Å². The zero-order valence-electron chi connectivity index (χ0n) is 12.8. The molecule has 17 heavy (non-hydrogen) atoms. The first-order valence-corrected chi connectivity index (χ1v) is 6.51. The third-order valence-electron chi connectivity index (χ3n) is 2.84. The van der Waals surface area contributed by atoms with E-state index in [-0.39, 0.29) is 16.6 Å². The monoisotopic (exact) mass is 239 g/mol. The number of nitrogens with one attached hydrogen (secondary N) is 1. The fourth-order valence-electron chi connectivity index (χ4n) is 1.19. The van der Waals surface area contributed by atoms with Crippen molar-refractivity contribution < 1.29 is 4.79 Å². The fourth-order valence-corrected chi connectivity index (χ4v) is 1.19. The number of rotatable bonds is 4. The van der Waals surface area contributed by atoms with Gasteiger partial charge in [0.05, 0.1) is 0 Å². The third kappa shape index (κ3) is 5.90. The van der Waals surface area contributed by atoms with Gasteiger partial charge in [0, 0.05) is 28.6 Å². The highest BCUT2D eigenvalue weighted by molar-refractivity contribution is 5.94. The van der Waals surface area contributed by atoms with Crippen LogP contribution in [0.5, 0.6) is 0 Å². The van der Waals surface area contributed by atoms with Gasteiger partial charge >= 0.3 is 0 Å². The van der Waals surface area contributed by atoms with Crippen molar-refractivity contribution in [1.82, 2.24) is 5.32 Å². The first-order chi connectivity index (χ1) is 7.48. The first kappa shape index (κ1) is 16.2. The Morgan fingerprint density at radius 1 is 1.12 bits per heavy atom. The molecule has 0 aromatic heterocycles. The van der Waals surface area contributed by atoms with Gasteiger partial charge in [-0.3, -0.25) is 4.79 Å². The third-order valence-corrected chi connectivity index (χ3v) is 2.84. The quantitative estimate of drug-likeness (QED) is 0.753. The van der Waals surface area contributed by atoms with Crippen LogP contribution in [0, 0.1) is 10.8 Å². The Morgan fingerprint density at radius 3 is 1.88 bits per heavy atom. The maximum absolute atomic E-state index is 12.1. The highest BCUT2D eigenvalue weighted by atomic mass is 16.1. The topological polar surface area (TPSA) is 29.1 Å². The molecule has 1 N–H and O–H groups in total. The predicted octanol–water partition coefficient (Wildman–Crippen LogP) is 3.92. The summed E-state index contributed by atoms with van der Waals surface area (Å²) in [6, 6.07) is 0.397. The second kappa shape index (κ2) is 5.70. The van der Waals surface area contributed by atoms with E-state index < -0.39 is 0 Å². The molecule has 0 heterocycles. The van der Waals surface area contributed by atoms with Crippen molar-refractivity contribution in [1.29, 1.82) is 0 Å². The number of carbonyl (C=O) groups excluding carboxylic acids is 1. The SMILES string of the molecule is CCC(C)NC(=CC(=O)C(C)(C)C)C(C)(C)C. The number of ketones is 1. The molecule has 100 valence electrons. The minimum atomic E-state index is -0.312. The average Bonchev–Trinajstić information content (AvgIpc) is 2.13. The fraction of sp³-hybridized carbons (Fsp3) is 0.800. The number of hydrogen-bond acceptors (Lipinski definition) is 2. The molecule has 0 aromatic carbocycles. The highest BCUT2D eigenvalue weighted by Gasteiger charge is 2.24. The average molecular weight is 239 g/mol. The van der Waals surface area contributed by atoms with E-state index in [0.29, 0.717) is 6.04 Å². The van der Waals surface area contributed by atoms with Crippen LogP contribution < -0.4 is 5.32 Å². The van der Waals surface area contributed by atoms with Crippen molar-refractivity contribution in [3.05, 3.63) is 11.8 Å². The van der Waals surface area contributed by atoms with E-state index in [9.17, 15) is 4.79 Å². The molecular weight excluding hydrogens is 210 g/mol. The van der Waals surface area contributed by atoms with E-state index in [1.54, 1.807) is 6.08 Å². The molecule has 0 aliphatic rings. The van der Waals surface area contributed by atoms with E-state index in [1.807, 2.05) is 20.8 Å². The molecule has 2 nitrogen and oxygen atoms in total. The Balaban J connectivity index is 5.07. The number of hydrogen-bond donors (Lipinski definition) is 1. The Hall–Kier alpha value is -0.790. The molecule has 0 fully saturated rings. The van der Waals surface area contributed by atoms with Gasteiger partial charge in [-0.1, -0.05) is 48.5 Å². The normalized spacial score (nSPS) is 15.6. The Bertz CT molecular complexity index is 289. The zero-order valence-corrected chi connectivity index (χ0v) is 12.8. The summed E-state index contributed by atoms with van der Waals surface area (Å²) < 4.78 is 0. The molecule has 0 radical (unpaired) electrons. The Kier molecular flexibility index (Phi) is 5.44. The molecule has 0 aromatic rings. The van der Waals surface area contributed by atoms with Crippen LogP contribution in [0.15, 0.2) is 11.8 Å². The molecule has 1 atom stereocenters. The Morgan fingerprint density at radius 2 is 1.59 bits per heavy atom. The minimum Gasteiger partial charge on any atom is -0.385 e. The second-order valence-corrected chi connectivity index (χ2v) is 6.88. The van der Waals surface area contributed by atoms with Crippen LogP contribution in [-0.2, 0) is 4.79 Å². The van der Waals surface area contributed by atoms with Crippen molar-refractivity contribution in [2.45, 2.75) is 67.9 Å². The zero-order chi connectivity index (χ0) is 13.9. The van der Waals surface area contributed by atoms with E-state index in [1.165, 1.54) is 0 Å². The van der Waals surface area contributed by atoms with Gasteiger partial charge in [0.1, 0.15) is 0 Å². The van der Waals surface area contributed by atoms with E-state index in [2.05, 4.69) is 39.9 Å². The maximum Gasteiger partial charge on any atom is 0.162 e. The lowest BCUT2D eigenvalue weighted by Gasteiger charge is -2.28. The molecule has 0 amide bonds. The summed E-state index contributed by atoms with van der Waals surface area (Å²) in [6.07, 6.45) is 2.84.